The van der Waals surface area contributed by atoms with Crippen molar-refractivity contribution < 1.29 is 9.15 Å². The summed E-state index contributed by atoms with van der Waals surface area (Å²) in [5, 5.41) is 6.84. The van der Waals surface area contributed by atoms with Gasteiger partial charge in [0.05, 0.1) is 19.4 Å². The fourth-order valence-electron chi connectivity index (χ4n) is 1.93. The summed E-state index contributed by atoms with van der Waals surface area (Å²) in [7, 11) is 0. The second-order valence-electron chi connectivity index (χ2n) is 4.76. The van der Waals surface area contributed by atoms with Crippen LogP contribution in [0, 0.1) is 0 Å². The molecule has 0 unspecified atom stereocenters. The van der Waals surface area contributed by atoms with Crippen LogP contribution >= 0.6 is 11.6 Å². The van der Waals surface area contributed by atoms with Crippen molar-refractivity contribution in [1.82, 2.24) is 15.0 Å². The fraction of sp³-hybridized carbons (Fsp3) is 0.188. The third kappa shape index (κ3) is 4.36. The number of benzene rings is 1. The van der Waals surface area contributed by atoms with E-state index in [4.69, 9.17) is 20.8 Å². The Kier molecular flexibility index (Phi) is 5.12. The maximum atomic E-state index is 5.89. The van der Waals surface area contributed by atoms with Gasteiger partial charge >= 0.3 is 6.01 Å². The van der Waals surface area contributed by atoms with Crippen molar-refractivity contribution in [3.8, 4) is 6.01 Å². The summed E-state index contributed by atoms with van der Waals surface area (Å²) in [5.41, 5.74) is 0.810. The molecular weight excluding hydrogens is 330 g/mol. The largest absolute Gasteiger partial charge is 0.467 e. The standard InChI is InChI=1S/C16H16ClN5O2/c1-2-23-16-21-14(18-10-13-4-3-9-24-13)20-15(22-16)19-12-7-5-11(17)6-8-12/h3-9H,2,10H2,1H3,(H2,18,19,20,21,22). The molecule has 1 aromatic carbocycles. The minimum atomic E-state index is 0.242. The second kappa shape index (κ2) is 7.65. The first kappa shape index (κ1) is 16.1. The van der Waals surface area contributed by atoms with Gasteiger partial charge in [-0.25, -0.2) is 0 Å². The van der Waals surface area contributed by atoms with E-state index in [2.05, 4.69) is 25.6 Å². The Labute approximate surface area is 144 Å². The minimum Gasteiger partial charge on any atom is -0.467 e. The highest BCUT2D eigenvalue weighted by molar-refractivity contribution is 6.30. The molecule has 0 aliphatic heterocycles. The first-order valence-electron chi connectivity index (χ1n) is 7.40. The van der Waals surface area contributed by atoms with E-state index in [0.29, 0.717) is 30.1 Å². The highest BCUT2D eigenvalue weighted by atomic mass is 35.5. The predicted octanol–water partition coefficient (Wildman–Crippen LogP) is 3.87. The molecule has 3 rings (SSSR count). The number of nitrogens with zero attached hydrogens (tertiary/aromatic N) is 3. The Balaban J connectivity index is 1.77. The van der Waals surface area contributed by atoms with Crippen LogP contribution in [0.3, 0.4) is 0 Å². The molecule has 0 radical (unpaired) electrons. The molecule has 0 aliphatic carbocycles. The van der Waals surface area contributed by atoms with Crippen LogP contribution in [0.1, 0.15) is 12.7 Å². The number of hydrogen-bond donors (Lipinski definition) is 2. The third-order valence-electron chi connectivity index (χ3n) is 2.99. The molecule has 2 heterocycles. The van der Waals surface area contributed by atoms with E-state index < -0.39 is 0 Å². The van der Waals surface area contributed by atoms with Gasteiger partial charge in [-0.2, -0.15) is 15.0 Å². The zero-order chi connectivity index (χ0) is 16.8. The topological polar surface area (TPSA) is 85.1 Å². The molecule has 2 N–H and O–H groups in total. The second-order valence-corrected chi connectivity index (χ2v) is 5.20. The smallest absolute Gasteiger partial charge is 0.323 e. The van der Waals surface area contributed by atoms with Gasteiger partial charge in [0.1, 0.15) is 5.76 Å². The zero-order valence-electron chi connectivity index (χ0n) is 13.0. The van der Waals surface area contributed by atoms with Crippen molar-refractivity contribution in [2.75, 3.05) is 17.2 Å². The molecule has 0 saturated heterocycles. The van der Waals surface area contributed by atoms with Gasteiger partial charge in [-0.1, -0.05) is 11.6 Å². The molecule has 7 nitrogen and oxygen atoms in total. The van der Waals surface area contributed by atoms with Crippen LogP contribution in [0.5, 0.6) is 6.01 Å². The lowest BCUT2D eigenvalue weighted by atomic mass is 10.3. The summed E-state index contributed by atoms with van der Waals surface area (Å²) in [6.45, 7) is 2.79. The first-order chi connectivity index (χ1) is 11.7. The van der Waals surface area contributed by atoms with Crippen molar-refractivity contribution >= 4 is 29.2 Å². The number of nitrogens with one attached hydrogen (secondary N) is 2. The molecule has 0 bridgehead atoms. The van der Waals surface area contributed by atoms with Gasteiger partial charge in [0, 0.05) is 10.7 Å². The predicted molar refractivity (Wildman–Crippen MR) is 91.8 cm³/mol. The number of aromatic nitrogens is 3. The van der Waals surface area contributed by atoms with Crippen molar-refractivity contribution in [1.29, 1.82) is 0 Å². The van der Waals surface area contributed by atoms with Crippen LogP contribution in [-0.2, 0) is 6.54 Å². The highest BCUT2D eigenvalue weighted by Gasteiger charge is 2.08. The molecule has 0 atom stereocenters. The fourth-order valence-corrected chi connectivity index (χ4v) is 2.05. The van der Waals surface area contributed by atoms with Crippen LogP contribution in [0.2, 0.25) is 5.02 Å². The number of ether oxygens (including phenoxy) is 1. The molecule has 24 heavy (non-hydrogen) atoms. The highest BCUT2D eigenvalue weighted by Crippen LogP contribution is 2.19. The van der Waals surface area contributed by atoms with Gasteiger partial charge in [-0.05, 0) is 43.3 Å². The van der Waals surface area contributed by atoms with Gasteiger partial charge in [-0.3, -0.25) is 0 Å². The van der Waals surface area contributed by atoms with Gasteiger partial charge in [0.25, 0.3) is 0 Å². The van der Waals surface area contributed by atoms with E-state index in [9.17, 15) is 0 Å². The molecule has 0 fully saturated rings. The van der Waals surface area contributed by atoms with Crippen LogP contribution in [0.15, 0.2) is 47.1 Å². The summed E-state index contributed by atoms with van der Waals surface area (Å²) in [5.74, 6) is 1.54. The summed E-state index contributed by atoms with van der Waals surface area (Å²) in [6.07, 6.45) is 1.61. The van der Waals surface area contributed by atoms with Gasteiger partial charge < -0.3 is 19.8 Å². The van der Waals surface area contributed by atoms with E-state index in [1.807, 2.05) is 31.2 Å². The summed E-state index contributed by atoms with van der Waals surface area (Å²) in [4.78, 5) is 12.8. The molecule has 2 aromatic heterocycles. The van der Waals surface area contributed by atoms with Crippen molar-refractivity contribution in [2.24, 2.45) is 0 Å². The maximum absolute atomic E-state index is 5.89. The SMILES string of the molecule is CCOc1nc(NCc2ccco2)nc(Nc2ccc(Cl)cc2)n1. The van der Waals surface area contributed by atoms with Crippen LogP contribution in [-0.4, -0.2) is 21.6 Å². The number of furan rings is 1. The Morgan fingerprint density at radius 3 is 2.58 bits per heavy atom. The Morgan fingerprint density at radius 1 is 1.08 bits per heavy atom. The Morgan fingerprint density at radius 2 is 1.88 bits per heavy atom. The Hall–Kier alpha value is -2.80. The van der Waals surface area contributed by atoms with Gasteiger partial charge in [-0.15, -0.1) is 0 Å². The number of halogens is 1. The molecule has 3 aromatic rings. The van der Waals surface area contributed by atoms with E-state index >= 15 is 0 Å². The number of anilines is 3. The molecule has 8 heteroatoms. The quantitative estimate of drug-likeness (QED) is 0.672. The molecule has 0 amide bonds. The molecule has 0 saturated carbocycles. The van der Waals surface area contributed by atoms with Crippen LogP contribution in [0.4, 0.5) is 17.6 Å². The summed E-state index contributed by atoms with van der Waals surface area (Å²) >= 11 is 5.89. The van der Waals surface area contributed by atoms with Crippen molar-refractivity contribution in [3.63, 3.8) is 0 Å². The summed E-state index contributed by atoms with van der Waals surface area (Å²) < 4.78 is 10.7. The molecule has 0 spiro atoms. The Bertz CT molecular complexity index is 778. The first-order valence-corrected chi connectivity index (χ1v) is 7.78. The van der Waals surface area contributed by atoms with E-state index in [1.165, 1.54) is 0 Å². The maximum Gasteiger partial charge on any atom is 0.323 e. The van der Waals surface area contributed by atoms with Crippen molar-refractivity contribution in [2.45, 2.75) is 13.5 Å². The molecule has 124 valence electrons. The van der Waals surface area contributed by atoms with Crippen LogP contribution in [0.25, 0.3) is 0 Å². The van der Waals surface area contributed by atoms with Crippen LogP contribution < -0.4 is 15.4 Å². The van der Waals surface area contributed by atoms with E-state index in [1.54, 1.807) is 18.4 Å². The third-order valence-corrected chi connectivity index (χ3v) is 3.24. The normalized spacial score (nSPS) is 10.4. The molecule has 0 aliphatic rings. The lowest BCUT2D eigenvalue weighted by Crippen LogP contribution is -2.09. The zero-order valence-corrected chi connectivity index (χ0v) is 13.7. The average molecular weight is 346 g/mol. The number of rotatable bonds is 7. The lowest BCUT2D eigenvalue weighted by molar-refractivity contribution is 0.312. The van der Waals surface area contributed by atoms with E-state index in [0.717, 1.165) is 11.4 Å². The summed E-state index contributed by atoms with van der Waals surface area (Å²) in [6, 6.07) is 11.2. The number of hydrogen-bond acceptors (Lipinski definition) is 7. The van der Waals surface area contributed by atoms with Gasteiger partial charge in [0.2, 0.25) is 11.9 Å². The van der Waals surface area contributed by atoms with Crippen molar-refractivity contribution in [3.05, 3.63) is 53.4 Å². The minimum absolute atomic E-state index is 0.242. The molecular formula is C16H16ClN5O2. The van der Waals surface area contributed by atoms with E-state index in [-0.39, 0.29) is 6.01 Å². The van der Waals surface area contributed by atoms with Gasteiger partial charge in [0.15, 0.2) is 0 Å². The monoisotopic (exact) mass is 345 g/mol. The lowest BCUT2D eigenvalue weighted by Gasteiger charge is -2.09. The average Bonchev–Trinajstić information content (AvgIpc) is 3.09.